The van der Waals surface area contributed by atoms with Gasteiger partial charge in [-0.15, -0.1) is 0 Å². The molecule has 0 N–H and O–H groups in total. The maximum Gasteiger partial charge on any atom is 0.130 e. The summed E-state index contributed by atoms with van der Waals surface area (Å²) >= 11 is 0. The first-order chi connectivity index (χ1) is 11.8. The van der Waals surface area contributed by atoms with Crippen molar-refractivity contribution in [3.63, 3.8) is 0 Å². The Bertz CT molecular complexity index is 1010. The van der Waals surface area contributed by atoms with Crippen molar-refractivity contribution in [3.05, 3.63) is 78.5 Å². The van der Waals surface area contributed by atoms with Gasteiger partial charge in [0.25, 0.3) is 0 Å². The second kappa shape index (κ2) is 6.20. The Kier molecular flexibility index (Phi) is 3.75. The van der Waals surface area contributed by atoms with Gasteiger partial charge in [-0.1, -0.05) is 36.4 Å². The third kappa shape index (κ3) is 2.88. The van der Waals surface area contributed by atoms with Crippen molar-refractivity contribution in [1.82, 2.24) is 4.98 Å². The number of fused-ring (bicyclic) bond motifs is 2. The molecule has 0 amide bonds. The lowest BCUT2D eigenvalue weighted by molar-refractivity contribution is 0.302. The largest absolute Gasteiger partial charge is 0.497 e. The van der Waals surface area contributed by atoms with Crippen molar-refractivity contribution in [2.24, 2.45) is 0 Å². The summed E-state index contributed by atoms with van der Waals surface area (Å²) < 4.78 is 11.2. The number of para-hydroxylation sites is 1. The number of rotatable bonds is 4. The van der Waals surface area contributed by atoms with Crippen molar-refractivity contribution in [1.29, 1.82) is 0 Å². The molecule has 0 fully saturated rings. The molecule has 3 heteroatoms. The number of methoxy groups -OCH3 is 1. The van der Waals surface area contributed by atoms with E-state index < -0.39 is 0 Å². The number of benzene rings is 3. The van der Waals surface area contributed by atoms with Gasteiger partial charge in [-0.05, 0) is 47.2 Å². The maximum absolute atomic E-state index is 5.92. The van der Waals surface area contributed by atoms with E-state index in [-0.39, 0.29) is 0 Å². The summed E-state index contributed by atoms with van der Waals surface area (Å²) in [5.41, 5.74) is 1.90. The predicted molar refractivity (Wildman–Crippen MR) is 96.6 cm³/mol. The van der Waals surface area contributed by atoms with Crippen LogP contribution in [0.5, 0.6) is 11.5 Å². The van der Waals surface area contributed by atoms with Crippen LogP contribution in [0.1, 0.15) is 5.69 Å². The summed E-state index contributed by atoms with van der Waals surface area (Å²) in [5.74, 6) is 1.67. The van der Waals surface area contributed by atoms with Crippen LogP contribution in [0.15, 0.2) is 72.8 Å². The van der Waals surface area contributed by atoms with Crippen LogP contribution in [0.3, 0.4) is 0 Å². The highest BCUT2D eigenvalue weighted by atomic mass is 16.5. The van der Waals surface area contributed by atoms with Gasteiger partial charge in [-0.2, -0.15) is 0 Å². The fourth-order valence-electron chi connectivity index (χ4n) is 2.77. The Morgan fingerprint density at radius 3 is 2.38 bits per heavy atom. The third-order valence-electron chi connectivity index (χ3n) is 4.06. The normalized spacial score (nSPS) is 10.9. The van der Waals surface area contributed by atoms with Crippen LogP contribution in [0.4, 0.5) is 0 Å². The Balaban J connectivity index is 1.56. The molecule has 0 aliphatic heterocycles. The summed E-state index contributed by atoms with van der Waals surface area (Å²) in [7, 11) is 1.67. The molecule has 0 aliphatic carbocycles. The zero-order valence-electron chi connectivity index (χ0n) is 13.4. The van der Waals surface area contributed by atoms with Gasteiger partial charge >= 0.3 is 0 Å². The topological polar surface area (TPSA) is 31.4 Å². The Hall–Kier alpha value is -3.07. The van der Waals surface area contributed by atoms with E-state index in [1.807, 2.05) is 54.6 Å². The summed E-state index contributed by atoms with van der Waals surface area (Å²) in [5, 5.41) is 3.39. The van der Waals surface area contributed by atoms with Gasteiger partial charge in [0.2, 0.25) is 0 Å². The molecule has 3 nitrogen and oxygen atoms in total. The fourth-order valence-corrected chi connectivity index (χ4v) is 2.77. The fraction of sp³-hybridized carbons (Fsp3) is 0.0952. The van der Waals surface area contributed by atoms with Gasteiger partial charge in [0.15, 0.2) is 0 Å². The molecule has 24 heavy (non-hydrogen) atoms. The molecule has 118 valence electrons. The van der Waals surface area contributed by atoms with E-state index in [0.29, 0.717) is 6.61 Å². The molecule has 4 rings (SSSR count). The molecule has 0 spiro atoms. The molecular weight excluding hydrogens is 298 g/mol. The third-order valence-corrected chi connectivity index (χ3v) is 4.06. The SMILES string of the molecule is COc1ccc2ccc(OCc3ccc4ccccc4n3)cc2c1. The first-order valence-electron chi connectivity index (χ1n) is 7.87. The lowest BCUT2D eigenvalue weighted by atomic mass is 10.1. The molecule has 1 aromatic heterocycles. The average molecular weight is 315 g/mol. The molecule has 1 heterocycles. The molecule has 0 saturated carbocycles. The molecule has 0 radical (unpaired) electrons. The van der Waals surface area contributed by atoms with Gasteiger partial charge in [0, 0.05) is 5.39 Å². The van der Waals surface area contributed by atoms with Crippen LogP contribution in [0.2, 0.25) is 0 Å². The standard InChI is InChI=1S/C21H17NO2/c1-23-19-10-7-15-8-11-20(13-17(15)12-19)24-14-18-9-6-16-4-2-3-5-21(16)22-18/h2-13H,14H2,1H3. The molecule has 4 aromatic rings. The maximum atomic E-state index is 5.92. The predicted octanol–water partition coefficient (Wildman–Crippen LogP) is 4.98. The van der Waals surface area contributed by atoms with E-state index >= 15 is 0 Å². The average Bonchev–Trinajstić information content (AvgIpc) is 2.65. The Morgan fingerprint density at radius 1 is 0.750 bits per heavy atom. The molecule has 0 unspecified atom stereocenters. The highest BCUT2D eigenvalue weighted by Gasteiger charge is 2.02. The van der Waals surface area contributed by atoms with Crippen LogP contribution in [-0.4, -0.2) is 12.1 Å². The molecule has 3 aromatic carbocycles. The van der Waals surface area contributed by atoms with E-state index in [1.165, 1.54) is 0 Å². The van der Waals surface area contributed by atoms with Gasteiger partial charge in [-0.25, -0.2) is 4.98 Å². The Morgan fingerprint density at radius 2 is 1.50 bits per heavy atom. The zero-order valence-corrected chi connectivity index (χ0v) is 13.4. The van der Waals surface area contributed by atoms with E-state index in [4.69, 9.17) is 9.47 Å². The van der Waals surface area contributed by atoms with Crippen LogP contribution in [0.25, 0.3) is 21.7 Å². The minimum Gasteiger partial charge on any atom is -0.497 e. The second-order valence-corrected chi connectivity index (χ2v) is 5.66. The van der Waals surface area contributed by atoms with Gasteiger partial charge in [0.05, 0.1) is 18.3 Å². The van der Waals surface area contributed by atoms with Crippen molar-refractivity contribution in [3.8, 4) is 11.5 Å². The van der Waals surface area contributed by atoms with Crippen molar-refractivity contribution < 1.29 is 9.47 Å². The molecule has 0 bridgehead atoms. The minimum atomic E-state index is 0.445. The monoisotopic (exact) mass is 315 g/mol. The lowest BCUT2D eigenvalue weighted by Gasteiger charge is -2.08. The zero-order chi connectivity index (χ0) is 16.4. The first-order valence-corrected chi connectivity index (χ1v) is 7.87. The van der Waals surface area contributed by atoms with Crippen LogP contribution in [-0.2, 0) is 6.61 Å². The van der Waals surface area contributed by atoms with Crippen LogP contribution < -0.4 is 9.47 Å². The highest BCUT2D eigenvalue weighted by molar-refractivity contribution is 5.85. The van der Waals surface area contributed by atoms with Crippen LogP contribution in [0, 0.1) is 0 Å². The Labute approximate surface area is 140 Å². The number of aromatic nitrogens is 1. The first kappa shape index (κ1) is 14.5. The second-order valence-electron chi connectivity index (χ2n) is 5.66. The smallest absolute Gasteiger partial charge is 0.130 e. The summed E-state index contributed by atoms with van der Waals surface area (Å²) in [4.78, 5) is 4.63. The van der Waals surface area contributed by atoms with Crippen molar-refractivity contribution in [2.45, 2.75) is 6.61 Å². The highest BCUT2D eigenvalue weighted by Crippen LogP contribution is 2.25. The van der Waals surface area contributed by atoms with E-state index in [9.17, 15) is 0 Å². The van der Waals surface area contributed by atoms with Gasteiger partial charge < -0.3 is 9.47 Å². The number of hydrogen-bond acceptors (Lipinski definition) is 3. The molecule has 0 saturated heterocycles. The summed E-state index contributed by atoms with van der Waals surface area (Å²) in [6, 6.07) is 24.2. The van der Waals surface area contributed by atoms with Crippen molar-refractivity contribution >= 4 is 21.7 Å². The molecular formula is C21H17NO2. The van der Waals surface area contributed by atoms with E-state index in [1.54, 1.807) is 7.11 Å². The summed E-state index contributed by atoms with van der Waals surface area (Å²) in [6.07, 6.45) is 0. The van der Waals surface area contributed by atoms with E-state index in [0.717, 1.165) is 38.9 Å². The lowest BCUT2D eigenvalue weighted by Crippen LogP contribution is -1.98. The quantitative estimate of drug-likeness (QED) is 0.532. The van der Waals surface area contributed by atoms with Gasteiger partial charge in [0.1, 0.15) is 18.1 Å². The summed E-state index contributed by atoms with van der Waals surface area (Å²) in [6.45, 7) is 0.445. The number of nitrogens with zero attached hydrogens (tertiary/aromatic N) is 1. The van der Waals surface area contributed by atoms with E-state index in [2.05, 4.69) is 23.2 Å². The van der Waals surface area contributed by atoms with Crippen LogP contribution >= 0.6 is 0 Å². The molecule has 0 atom stereocenters. The van der Waals surface area contributed by atoms with Gasteiger partial charge in [-0.3, -0.25) is 0 Å². The van der Waals surface area contributed by atoms with Crippen molar-refractivity contribution in [2.75, 3.05) is 7.11 Å². The minimum absolute atomic E-state index is 0.445. The number of pyridine rings is 1. The molecule has 0 aliphatic rings. The number of hydrogen-bond donors (Lipinski definition) is 0. The number of ether oxygens (including phenoxy) is 2.